The van der Waals surface area contributed by atoms with E-state index in [-0.39, 0.29) is 11.4 Å². The van der Waals surface area contributed by atoms with Crippen LogP contribution < -0.4 is 14.2 Å². The van der Waals surface area contributed by atoms with E-state index in [1.54, 1.807) is 32.4 Å². The fraction of sp³-hybridized carbons (Fsp3) is 0.190. The Morgan fingerprint density at radius 1 is 1.04 bits per heavy atom. The van der Waals surface area contributed by atoms with Gasteiger partial charge in [0, 0.05) is 23.2 Å². The van der Waals surface area contributed by atoms with Crippen molar-refractivity contribution < 1.29 is 19.1 Å². The van der Waals surface area contributed by atoms with E-state index >= 15 is 0 Å². The smallest absolute Gasteiger partial charge is 0.311 e. The van der Waals surface area contributed by atoms with Gasteiger partial charge in [-0.3, -0.25) is 10.1 Å². The summed E-state index contributed by atoms with van der Waals surface area (Å²) < 4.78 is 15.9. The highest BCUT2D eigenvalue weighted by Gasteiger charge is 2.19. The number of hydrogen-bond donors (Lipinski definition) is 0. The molecular weight excluding hydrogens is 360 g/mol. The molecule has 0 aliphatic heterocycles. The van der Waals surface area contributed by atoms with E-state index in [0.717, 1.165) is 16.6 Å². The number of rotatable bonds is 6. The Kier molecular flexibility index (Phi) is 5.17. The van der Waals surface area contributed by atoms with Gasteiger partial charge in [-0.25, -0.2) is 4.98 Å². The molecule has 0 saturated heterocycles. The summed E-state index contributed by atoms with van der Waals surface area (Å²) in [6.07, 6.45) is 0. The summed E-state index contributed by atoms with van der Waals surface area (Å²) in [5.74, 6) is 1.39. The summed E-state index contributed by atoms with van der Waals surface area (Å²) in [7, 11) is 4.54. The van der Waals surface area contributed by atoms with Crippen LogP contribution in [0.2, 0.25) is 0 Å². The quantitative estimate of drug-likeness (QED) is 0.461. The third-order valence-electron chi connectivity index (χ3n) is 4.48. The third kappa shape index (κ3) is 3.34. The van der Waals surface area contributed by atoms with Crippen molar-refractivity contribution in [1.29, 1.82) is 0 Å². The number of nitro benzene ring substituents is 1. The zero-order chi connectivity index (χ0) is 20.4. The maximum absolute atomic E-state index is 11.4. The van der Waals surface area contributed by atoms with Gasteiger partial charge in [0.25, 0.3) is 0 Å². The van der Waals surface area contributed by atoms with E-state index in [4.69, 9.17) is 14.2 Å². The molecule has 3 rings (SSSR count). The SMILES string of the molecule is C=C(c1ccc(OC)c([N+](=O)[O-])c1)c1cc(C)nc2c(OC)cc(OC)cc12. The third-order valence-corrected chi connectivity index (χ3v) is 4.48. The molecule has 0 saturated carbocycles. The molecule has 0 radical (unpaired) electrons. The largest absolute Gasteiger partial charge is 0.497 e. The van der Waals surface area contributed by atoms with Crippen molar-refractivity contribution in [1.82, 2.24) is 4.98 Å². The number of ether oxygens (including phenoxy) is 3. The molecule has 3 aromatic rings. The molecule has 1 aromatic heterocycles. The molecule has 1 heterocycles. The van der Waals surface area contributed by atoms with Gasteiger partial charge in [-0.15, -0.1) is 0 Å². The summed E-state index contributed by atoms with van der Waals surface area (Å²) >= 11 is 0. The average molecular weight is 380 g/mol. The van der Waals surface area contributed by atoms with E-state index in [1.165, 1.54) is 13.2 Å². The average Bonchev–Trinajstić information content (AvgIpc) is 2.71. The van der Waals surface area contributed by atoms with E-state index in [2.05, 4.69) is 11.6 Å². The van der Waals surface area contributed by atoms with Gasteiger partial charge in [0.15, 0.2) is 5.75 Å². The lowest BCUT2D eigenvalue weighted by molar-refractivity contribution is -0.385. The van der Waals surface area contributed by atoms with Gasteiger partial charge in [-0.05, 0) is 41.8 Å². The maximum atomic E-state index is 11.4. The Balaban J connectivity index is 2.24. The van der Waals surface area contributed by atoms with E-state index in [9.17, 15) is 10.1 Å². The Hall–Kier alpha value is -3.61. The molecule has 0 unspecified atom stereocenters. The molecule has 0 spiro atoms. The topological polar surface area (TPSA) is 83.7 Å². The molecule has 0 aliphatic carbocycles. The lowest BCUT2D eigenvalue weighted by Crippen LogP contribution is -1.98. The van der Waals surface area contributed by atoms with Crippen molar-refractivity contribution in [2.24, 2.45) is 0 Å². The molecule has 144 valence electrons. The van der Waals surface area contributed by atoms with Gasteiger partial charge in [-0.1, -0.05) is 12.6 Å². The van der Waals surface area contributed by atoms with Crippen LogP contribution in [-0.4, -0.2) is 31.2 Å². The highest BCUT2D eigenvalue weighted by Crippen LogP contribution is 2.38. The van der Waals surface area contributed by atoms with Crippen LogP contribution in [0.4, 0.5) is 5.69 Å². The number of aromatic nitrogens is 1. The number of nitrogens with zero attached hydrogens (tertiary/aromatic N) is 2. The normalized spacial score (nSPS) is 10.6. The van der Waals surface area contributed by atoms with Crippen molar-refractivity contribution in [3.8, 4) is 17.2 Å². The number of hydrogen-bond acceptors (Lipinski definition) is 6. The number of nitro groups is 1. The number of benzene rings is 2. The first-order valence-electron chi connectivity index (χ1n) is 8.45. The molecule has 0 bridgehead atoms. The van der Waals surface area contributed by atoms with Crippen molar-refractivity contribution in [2.45, 2.75) is 6.92 Å². The lowest BCUT2D eigenvalue weighted by atomic mass is 9.95. The first-order chi connectivity index (χ1) is 13.4. The van der Waals surface area contributed by atoms with Crippen molar-refractivity contribution >= 4 is 22.2 Å². The van der Waals surface area contributed by atoms with Crippen LogP contribution in [0.1, 0.15) is 16.8 Å². The molecule has 0 atom stereocenters. The minimum absolute atomic E-state index is 0.119. The van der Waals surface area contributed by atoms with Gasteiger partial charge in [-0.2, -0.15) is 0 Å². The number of methoxy groups -OCH3 is 3. The Labute approximate surface area is 162 Å². The lowest BCUT2D eigenvalue weighted by Gasteiger charge is -2.15. The van der Waals surface area contributed by atoms with Crippen LogP contribution in [0.25, 0.3) is 16.5 Å². The molecule has 0 fully saturated rings. The van der Waals surface area contributed by atoms with Crippen LogP contribution in [0.5, 0.6) is 17.2 Å². The Morgan fingerprint density at radius 3 is 2.36 bits per heavy atom. The van der Waals surface area contributed by atoms with Crippen LogP contribution in [0.3, 0.4) is 0 Å². The molecule has 2 aromatic carbocycles. The zero-order valence-corrected chi connectivity index (χ0v) is 16.1. The Morgan fingerprint density at radius 2 is 1.75 bits per heavy atom. The van der Waals surface area contributed by atoms with Crippen LogP contribution in [0.15, 0.2) is 43.0 Å². The Bertz CT molecular complexity index is 1090. The second kappa shape index (κ2) is 7.56. The second-order valence-corrected chi connectivity index (χ2v) is 6.16. The van der Waals surface area contributed by atoms with Gasteiger partial charge in [0.1, 0.15) is 17.0 Å². The van der Waals surface area contributed by atoms with Gasteiger partial charge < -0.3 is 14.2 Å². The molecule has 7 heteroatoms. The zero-order valence-electron chi connectivity index (χ0n) is 16.1. The van der Waals surface area contributed by atoms with E-state index in [1.807, 2.05) is 19.1 Å². The molecule has 0 N–H and O–H groups in total. The summed E-state index contributed by atoms with van der Waals surface area (Å²) in [5.41, 5.74) is 3.35. The number of fused-ring (bicyclic) bond motifs is 1. The monoisotopic (exact) mass is 380 g/mol. The van der Waals surface area contributed by atoms with Crippen LogP contribution >= 0.6 is 0 Å². The first-order valence-corrected chi connectivity index (χ1v) is 8.45. The van der Waals surface area contributed by atoms with Crippen molar-refractivity contribution in [2.75, 3.05) is 21.3 Å². The summed E-state index contributed by atoms with van der Waals surface area (Å²) in [4.78, 5) is 15.5. The van der Waals surface area contributed by atoms with Gasteiger partial charge in [0.05, 0.1) is 26.3 Å². The molecule has 28 heavy (non-hydrogen) atoms. The molecular formula is C21H20N2O5. The minimum atomic E-state index is -0.475. The fourth-order valence-corrected chi connectivity index (χ4v) is 3.10. The standard InChI is InChI=1S/C21H20N2O5/c1-12-8-16(17-10-15(26-3)11-20(28-5)21(17)22-12)13(2)14-6-7-19(27-4)18(9-14)23(24)25/h6-11H,2H2,1,3-5H3. The molecule has 0 aliphatic rings. The predicted octanol–water partition coefficient (Wildman–Crippen LogP) is 4.54. The fourth-order valence-electron chi connectivity index (χ4n) is 3.10. The van der Waals surface area contributed by atoms with Crippen LogP contribution in [-0.2, 0) is 0 Å². The van der Waals surface area contributed by atoms with Crippen LogP contribution in [0, 0.1) is 17.0 Å². The van der Waals surface area contributed by atoms with Gasteiger partial charge in [0.2, 0.25) is 0 Å². The van der Waals surface area contributed by atoms with Gasteiger partial charge >= 0.3 is 5.69 Å². The minimum Gasteiger partial charge on any atom is -0.497 e. The van der Waals surface area contributed by atoms with Crippen molar-refractivity contribution in [3.63, 3.8) is 0 Å². The molecule has 7 nitrogen and oxygen atoms in total. The predicted molar refractivity (Wildman–Crippen MR) is 107 cm³/mol. The first kappa shape index (κ1) is 19.2. The molecule has 0 amide bonds. The summed E-state index contributed by atoms with van der Waals surface area (Å²) in [6.45, 7) is 6.05. The highest BCUT2D eigenvalue weighted by molar-refractivity contribution is 5.99. The maximum Gasteiger partial charge on any atom is 0.311 e. The van der Waals surface area contributed by atoms with E-state index < -0.39 is 4.92 Å². The van der Waals surface area contributed by atoms with E-state index in [0.29, 0.717) is 28.2 Å². The number of aryl methyl sites for hydroxylation is 1. The number of pyridine rings is 1. The van der Waals surface area contributed by atoms with Crippen molar-refractivity contribution in [3.05, 3.63) is 69.9 Å². The summed E-state index contributed by atoms with van der Waals surface area (Å²) in [5, 5.41) is 12.2. The summed E-state index contributed by atoms with van der Waals surface area (Å²) in [6, 6.07) is 10.3. The second-order valence-electron chi connectivity index (χ2n) is 6.16. The highest BCUT2D eigenvalue weighted by atomic mass is 16.6.